The molecule has 0 unspecified atom stereocenters. The van der Waals surface area contributed by atoms with E-state index in [-0.39, 0.29) is 19.4 Å². The third kappa shape index (κ3) is 7.55. The van der Waals surface area contributed by atoms with Crippen LogP contribution in [0.4, 0.5) is 0 Å². The lowest BCUT2D eigenvalue weighted by Crippen LogP contribution is -2.12. The van der Waals surface area contributed by atoms with Gasteiger partial charge in [-0.3, -0.25) is 9.59 Å². The lowest BCUT2D eigenvalue weighted by molar-refractivity contribution is -0.143. The third-order valence-corrected chi connectivity index (χ3v) is 3.01. The average molecular weight is 354 g/mol. The van der Waals surface area contributed by atoms with Gasteiger partial charge in [0.25, 0.3) is 0 Å². The molecule has 116 valence electrons. The average Bonchev–Trinajstić information content (AvgIpc) is 2.40. The SMILES string of the molecule is Cc1ccc(Cl)c(OC(=O)CCCC(=O)OCC(Cl)Cl)c1. The van der Waals surface area contributed by atoms with Gasteiger partial charge >= 0.3 is 11.9 Å². The van der Waals surface area contributed by atoms with Gasteiger partial charge in [-0.2, -0.15) is 0 Å². The predicted molar refractivity (Wildman–Crippen MR) is 82.1 cm³/mol. The smallest absolute Gasteiger partial charge is 0.311 e. The van der Waals surface area contributed by atoms with E-state index in [0.29, 0.717) is 17.2 Å². The zero-order valence-electron chi connectivity index (χ0n) is 11.4. The summed E-state index contributed by atoms with van der Waals surface area (Å²) in [5.41, 5.74) is 0.933. The first-order chi connectivity index (χ1) is 9.88. The minimum atomic E-state index is -0.748. The third-order valence-electron chi connectivity index (χ3n) is 2.44. The summed E-state index contributed by atoms with van der Waals surface area (Å²) in [6.45, 7) is 1.80. The molecule has 0 amide bonds. The van der Waals surface area contributed by atoms with E-state index in [1.165, 1.54) is 0 Å². The molecule has 0 aliphatic heterocycles. The molecule has 0 radical (unpaired) electrons. The van der Waals surface area contributed by atoms with Crippen molar-refractivity contribution in [2.24, 2.45) is 0 Å². The van der Waals surface area contributed by atoms with Gasteiger partial charge in [0.05, 0.1) is 5.02 Å². The van der Waals surface area contributed by atoms with E-state index in [0.717, 1.165) is 5.56 Å². The summed E-state index contributed by atoms with van der Waals surface area (Å²) >= 11 is 16.8. The van der Waals surface area contributed by atoms with Gasteiger partial charge in [0, 0.05) is 12.8 Å². The fraction of sp³-hybridized carbons (Fsp3) is 0.429. The summed E-state index contributed by atoms with van der Waals surface area (Å²) < 4.78 is 9.90. The molecule has 0 aliphatic carbocycles. The van der Waals surface area contributed by atoms with Crippen LogP contribution in [-0.4, -0.2) is 23.4 Å². The van der Waals surface area contributed by atoms with Crippen molar-refractivity contribution < 1.29 is 19.1 Å². The quantitative estimate of drug-likeness (QED) is 0.421. The Hall–Kier alpha value is -0.970. The molecule has 1 aromatic rings. The Balaban J connectivity index is 2.31. The molecule has 0 saturated heterocycles. The topological polar surface area (TPSA) is 52.6 Å². The Labute approximate surface area is 138 Å². The molecule has 0 aromatic heterocycles. The van der Waals surface area contributed by atoms with Crippen LogP contribution in [0.1, 0.15) is 24.8 Å². The molecule has 7 heteroatoms. The van der Waals surface area contributed by atoms with Gasteiger partial charge in [-0.25, -0.2) is 0 Å². The van der Waals surface area contributed by atoms with E-state index >= 15 is 0 Å². The molecule has 0 spiro atoms. The molecular weight excluding hydrogens is 339 g/mol. The second kappa shape index (κ2) is 9.13. The standard InChI is InChI=1S/C14H15Cl3O4/c1-9-5-6-10(15)11(7-9)21-14(19)4-2-3-13(18)20-8-12(16)17/h5-7,12H,2-4,8H2,1H3. The van der Waals surface area contributed by atoms with Gasteiger partial charge in [-0.15, -0.1) is 23.2 Å². The van der Waals surface area contributed by atoms with E-state index in [1.54, 1.807) is 12.1 Å². The van der Waals surface area contributed by atoms with E-state index in [9.17, 15) is 9.59 Å². The molecule has 1 aromatic carbocycles. The predicted octanol–water partition coefficient (Wildman–Crippen LogP) is 4.07. The summed E-state index contributed by atoms with van der Waals surface area (Å²) in [5, 5.41) is 0.364. The number of hydrogen-bond donors (Lipinski definition) is 0. The highest BCUT2D eigenvalue weighted by Gasteiger charge is 2.11. The second-order valence-electron chi connectivity index (χ2n) is 4.34. The summed E-state index contributed by atoms with van der Waals surface area (Å²) in [6.07, 6.45) is 0.498. The van der Waals surface area contributed by atoms with Crippen molar-refractivity contribution in [3.63, 3.8) is 0 Å². The van der Waals surface area contributed by atoms with E-state index < -0.39 is 16.8 Å². The molecule has 21 heavy (non-hydrogen) atoms. The Morgan fingerprint density at radius 2 is 1.86 bits per heavy atom. The van der Waals surface area contributed by atoms with Crippen LogP contribution in [0.5, 0.6) is 5.75 Å². The maximum Gasteiger partial charge on any atom is 0.311 e. The van der Waals surface area contributed by atoms with Gasteiger partial charge in [0.1, 0.15) is 17.2 Å². The minimum absolute atomic E-state index is 0.0642. The Kier molecular flexibility index (Phi) is 7.86. The first-order valence-corrected chi connectivity index (χ1v) is 7.54. The molecule has 0 atom stereocenters. The first-order valence-electron chi connectivity index (χ1n) is 6.29. The number of ether oxygens (including phenoxy) is 2. The van der Waals surface area contributed by atoms with Crippen molar-refractivity contribution in [1.82, 2.24) is 0 Å². The van der Waals surface area contributed by atoms with Gasteiger partial charge in [-0.05, 0) is 31.0 Å². The maximum atomic E-state index is 11.6. The Bertz CT molecular complexity index is 503. The van der Waals surface area contributed by atoms with E-state index in [1.807, 2.05) is 13.0 Å². The van der Waals surface area contributed by atoms with Crippen molar-refractivity contribution in [3.8, 4) is 5.75 Å². The maximum absolute atomic E-state index is 11.6. The molecular formula is C14H15Cl3O4. The lowest BCUT2D eigenvalue weighted by atomic mass is 10.2. The van der Waals surface area contributed by atoms with Gasteiger partial charge in [0.15, 0.2) is 0 Å². The Morgan fingerprint density at radius 1 is 1.19 bits per heavy atom. The number of carbonyl (C=O) groups excluding carboxylic acids is 2. The van der Waals surface area contributed by atoms with Crippen LogP contribution in [0.15, 0.2) is 18.2 Å². The van der Waals surface area contributed by atoms with Crippen LogP contribution in [0.3, 0.4) is 0 Å². The highest BCUT2D eigenvalue weighted by atomic mass is 35.5. The number of benzene rings is 1. The van der Waals surface area contributed by atoms with Crippen molar-refractivity contribution in [2.75, 3.05) is 6.61 Å². The monoisotopic (exact) mass is 352 g/mol. The fourth-order valence-corrected chi connectivity index (χ4v) is 1.75. The highest BCUT2D eigenvalue weighted by molar-refractivity contribution is 6.44. The molecule has 1 rings (SSSR count). The first kappa shape index (κ1) is 18.1. The molecule has 0 aliphatic rings. The molecule has 0 fully saturated rings. The summed E-state index contributed by atoms with van der Waals surface area (Å²) in [4.78, 5) is 22.2. The summed E-state index contributed by atoms with van der Waals surface area (Å²) in [7, 11) is 0. The number of halogens is 3. The van der Waals surface area contributed by atoms with Gasteiger partial charge in [-0.1, -0.05) is 17.7 Å². The summed E-state index contributed by atoms with van der Waals surface area (Å²) in [5.74, 6) is -0.595. The molecule has 0 heterocycles. The number of aryl methyl sites for hydroxylation is 1. The highest BCUT2D eigenvalue weighted by Crippen LogP contribution is 2.25. The van der Waals surface area contributed by atoms with Crippen molar-refractivity contribution in [3.05, 3.63) is 28.8 Å². The molecule has 0 saturated carbocycles. The zero-order chi connectivity index (χ0) is 15.8. The van der Waals surface area contributed by atoms with Crippen LogP contribution < -0.4 is 4.74 Å². The van der Waals surface area contributed by atoms with Crippen molar-refractivity contribution in [2.45, 2.75) is 31.0 Å². The van der Waals surface area contributed by atoms with Crippen LogP contribution >= 0.6 is 34.8 Å². The molecule has 0 N–H and O–H groups in total. The lowest BCUT2D eigenvalue weighted by Gasteiger charge is -2.07. The number of hydrogen-bond acceptors (Lipinski definition) is 4. The van der Waals surface area contributed by atoms with Crippen LogP contribution in [0.25, 0.3) is 0 Å². The Morgan fingerprint density at radius 3 is 2.52 bits per heavy atom. The second-order valence-corrected chi connectivity index (χ2v) is 6.02. The van der Waals surface area contributed by atoms with E-state index in [4.69, 9.17) is 44.3 Å². The molecule has 0 bridgehead atoms. The van der Waals surface area contributed by atoms with Crippen LogP contribution in [-0.2, 0) is 14.3 Å². The molecule has 4 nitrogen and oxygen atoms in total. The largest absolute Gasteiger partial charge is 0.463 e. The fourth-order valence-electron chi connectivity index (χ4n) is 1.47. The van der Waals surface area contributed by atoms with Gasteiger partial charge in [0.2, 0.25) is 0 Å². The number of esters is 2. The van der Waals surface area contributed by atoms with Crippen molar-refractivity contribution >= 4 is 46.7 Å². The normalized spacial score (nSPS) is 10.5. The number of rotatable bonds is 7. The van der Waals surface area contributed by atoms with Crippen LogP contribution in [0, 0.1) is 6.92 Å². The van der Waals surface area contributed by atoms with Crippen molar-refractivity contribution in [1.29, 1.82) is 0 Å². The van der Waals surface area contributed by atoms with Crippen LogP contribution in [0.2, 0.25) is 5.02 Å². The van der Waals surface area contributed by atoms with Gasteiger partial charge < -0.3 is 9.47 Å². The summed E-state index contributed by atoms with van der Waals surface area (Å²) in [6, 6.07) is 5.15. The zero-order valence-corrected chi connectivity index (χ0v) is 13.7. The number of carbonyl (C=O) groups is 2. The minimum Gasteiger partial charge on any atom is -0.463 e. The van der Waals surface area contributed by atoms with E-state index in [2.05, 4.69) is 0 Å². The number of alkyl halides is 2.